The molecule has 0 bridgehead atoms. The van der Waals surface area contributed by atoms with Crippen LogP contribution in [0.4, 0.5) is 0 Å². The molecule has 0 radical (unpaired) electrons. The predicted octanol–water partition coefficient (Wildman–Crippen LogP) is 3.04. The van der Waals surface area contributed by atoms with Gasteiger partial charge in [0, 0.05) is 6.04 Å². The second-order valence-electron chi connectivity index (χ2n) is 7.39. The third-order valence-electron chi connectivity index (χ3n) is 3.79. The molecule has 5 heteroatoms. The highest BCUT2D eigenvalue weighted by Gasteiger charge is 2.21. The van der Waals surface area contributed by atoms with Crippen molar-refractivity contribution in [1.82, 2.24) is 4.90 Å². The summed E-state index contributed by atoms with van der Waals surface area (Å²) in [5.74, 6) is 0.577. The molecule has 5 nitrogen and oxygen atoms in total. The molecule has 142 valence electrons. The zero-order valence-electron chi connectivity index (χ0n) is 16.2. The zero-order chi connectivity index (χ0) is 18.9. The second-order valence-corrected chi connectivity index (χ2v) is 7.39. The van der Waals surface area contributed by atoms with Crippen molar-refractivity contribution < 1.29 is 19.4 Å². The maximum atomic E-state index is 11.9. The molecule has 0 fully saturated rings. The van der Waals surface area contributed by atoms with E-state index in [-0.39, 0.29) is 25.2 Å². The molecule has 0 spiro atoms. The molecular formula is C20H33NO4. The van der Waals surface area contributed by atoms with E-state index in [1.807, 2.05) is 57.0 Å². The Morgan fingerprint density at radius 1 is 1.24 bits per heavy atom. The Morgan fingerprint density at radius 3 is 2.40 bits per heavy atom. The molecule has 25 heavy (non-hydrogen) atoms. The van der Waals surface area contributed by atoms with E-state index in [0.717, 1.165) is 30.8 Å². The average Bonchev–Trinajstić information content (AvgIpc) is 2.52. The minimum absolute atomic E-state index is 0.0198. The minimum Gasteiger partial charge on any atom is -0.494 e. The molecule has 1 atom stereocenters. The van der Waals surface area contributed by atoms with Crippen LogP contribution in [0.25, 0.3) is 0 Å². The van der Waals surface area contributed by atoms with Gasteiger partial charge in [0.05, 0.1) is 19.8 Å². The molecule has 1 rings (SSSR count). The van der Waals surface area contributed by atoms with Crippen LogP contribution in [-0.4, -0.2) is 54.4 Å². The Bertz CT molecular complexity index is 507. The van der Waals surface area contributed by atoms with Gasteiger partial charge in [-0.2, -0.15) is 0 Å². The number of carbonyl (C=O) groups excluding carboxylic acids is 1. The van der Waals surface area contributed by atoms with Crippen molar-refractivity contribution in [3.63, 3.8) is 0 Å². The molecule has 0 aliphatic heterocycles. The van der Waals surface area contributed by atoms with Crippen LogP contribution in [0.3, 0.4) is 0 Å². The van der Waals surface area contributed by atoms with Gasteiger partial charge in [-0.25, -0.2) is 0 Å². The maximum Gasteiger partial charge on any atom is 0.320 e. The number of likely N-dealkylation sites (N-methyl/N-ethyl adjacent to an activating group) is 1. The highest BCUT2D eigenvalue weighted by Crippen LogP contribution is 2.15. The van der Waals surface area contributed by atoms with Crippen molar-refractivity contribution in [2.24, 2.45) is 0 Å². The number of rotatable bonds is 10. The van der Waals surface area contributed by atoms with E-state index < -0.39 is 5.60 Å². The van der Waals surface area contributed by atoms with E-state index in [1.54, 1.807) is 0 Å². The van der Waals surface area contributed by atoms with Crippen LogP contribution in [0, 0.1) is 0 Å². The number of carbonyl (C=O) groups is 1. The Kier molecular flexibility index (Phi) is 8.93. The third-order valence-corrected chi connectivity index (χ3v) is 3.79. The topological polar surface area (TPSA) is 59.0 Å². The van der Waals surface area contributed by atoms with Gasteiger partial charge in [0.25, 0.3) is 0 Å². The molecule has 0 saturated heterocycles. The van der Waals surface area contributed by atoms with E-state index in [9.17, 15) is 9.90 Å². The third kappa shape index (κ3) is 8.89. The van der Waals surface area contributed by atoms with Gasteiger partial charge < -0.3 is 14.6 Å². The number of aliphatic hydroxyl groups excluding tert-OH is 1. The fraction of sp³-hybridized carbons (Fsp3) is 0.650. The van der Waals surface area contributed by atoms with Crippen LogP contribution in [-0.2, 0) is 16.0 Å². The Balaban J connectivity index is 2.55. The first-order valence-electron chi connectivity index (χ1n) is 9.00. The van der Waals surface area contributed by atoms with Crippen LogP contribution in [0.15, 0.2) is 24.3 Å². The molecule has 0 unspecified atom stereocenters. The van der Waals surface area contributed by atoms with Crippen LogP contribution in [0.5, 0.6) is 5.75 Å². The van der Waals surface area contributed by atoms with Gasteiger partial charge in [-0.15, -0.1) is 0 Å². The molecule has 1 N–H and O–H groups in total. The summed E-state index contributed by atoms with van der Waals surface area (Å²) in [7, 11) is 1.83. The molecule has 1 aromatic rings. The summed E-state index contributed by atoms with van der Waals surface area (Å²) in [4.78, 5) is 13.8. The predicted molar refractivity (Wildman–Crippen MR) is 99.9 cm³/mol. The van der Waals surface area contributed by atoms with Crippen LogP contribution in [0.2, 0.25) is 0 Å². The summed E-state index contributed by atoms with van der Waals surface area (Å²) in [5, 5.41) is 9.68. The van der Waals surface area contributed by atoms with E-state index in [4.69, 9.17) is 9.47 Å². The number of hydrogen-bond acceptors (Lipinski definition) is 5. The number of nitrogens with zero attached hydrogens (tertiary/aromatic N) is 1. The van der Waals surface area contributed by atoms with Gasteiger partial charge in [0.1, 0.15) is 11.4 Å². The number of unbranched alkanes of at least 4 members (excludes halogenated alkanes) is 1. The van der Waals surface area contributed by atoms with Crippen LogP contribution >= 0.6 is 0 Å². The maximum absolute atomic E-state index is 11.9. The molecule has 0 aliphatic carbocycles. The molecule has 0 aromatic heterocycles. The van der Waals surface area contributed by atoms with Crippen molar-refractivity contribution >= 4 is 5.97 Å². The van der Waals surface area contributed by atoms with Gasteiger partial charge in [-0.05, 0) is 58.4 Å². The highest BCUT2D eigenvalue weighted by atomic mass is 16.6. The van der Waals surface area contributed by atoms with Crippen molar-refractivity contribution in [3.8, 4) is 5.75 Å². The first-order valence-corrected chi connectivity index (χ1v) is 9.00. The summed E-state index contributed by atoms with van der Waals surface area (Å²) < 4.78 is 11.0. The summed E-state index contributed by atoms with van der Waals surface area (Å²) in [6, 6.07) is 7.77. The SMILES string of the molecule is CCCCOc1ccc(C[C@@H](CO)N(C)CC(=O)OC(C)(C)C)cc1. The largest absolute Gasteiger partial charge is 0.494 e. The average molecular weight is 351 g/mol. The molecule has 0 amide bonds. The minimum atomic E-state index is -0.500. The van der Waals surface area contributed by atoms with Crippen molar-refractivity contribution in [2.45, 2.75) is 58.6 Å². The van der Waals surface area contributed by atoms with Crippen LogP contribution < -0.4 is 4.74 Å². The lowest BCUT2D eigenvalue weighted by molar-refractivity contribution is -0.156. The summed E-state index contributed by atoms with van der Waals surface area (Å²) in [5.41, 5.74) is 0.596. The van der Waals surface area contributed by atoms with E-state index >= 15 is 0 Å². The standard InChI is InChI=1S/C20H33NO4/c1-6-7-12-24-18-10-8-16(9-11-18)13-17(15-22)21(5)14-19(23)25-20(2,3)4/h8-11,17,22H,6-7,12-15H2,1-5H3/t17-/m0/s1. The fourth-order valence-corrected chi connectivity index (χ4v) is 2.39. The Morgan fingerprint density at radius 2 is 1.88 bits per heavy atom. The van der Waals surface area contributed by atoms with E-state index in [0.29, 0.717) is 6.42 Å². The zero-order valence-corrected chi connectivity index (χ0v) is 16.2. The van der Waals surface area contributed by atoms with Crippen molar-refractivity contribution in [2.75, 3.05) is 26.8 Å². The molecule has 0 saturated carbocycles. The molecule has 1 aromatic carbocycles. The monoisotopic (exact) mass is 351 g/mol. The highest BCUT2D eigenvalue weighted by molar-refractivity contribution is 5.72. The smallest absolute Gasteiger partial charge is 0.320 e. The number of hydrogen-bond donors (Lipinski definition) is 1. The molecule has 0 heterocycles. The van der Waals surface area contributed by atoms with Gasteiger partial charge >= 0.3 is 5.97 Å². The van der Waals surface area contributed by atoms with E-state index in [2.05, 4.69) is 6.92 Å². The van der Waals surface area contributed by atoms with Gasteiger partial charge in [0.2, 0.25) is 0 Å². The Labute approximate surface area is 151 Å². The van der Waals surface area contributed by atoms with Crippen molar-refractivity contribution in [3.05, 3.63) is 29.8 Å². The van der Waals surface area contributed by atoms with Gasteiger partial charge in [-0.1, -0.05) is 25.5 Å². The quantitative estimate of drug-likeness (QED) is 0.519. The first kappa shape index (κ1) is 21.5. The lowest BCUT2D eigenvalue weighted by Crippen LogP contribution is -2.41. The van der Waals surface area contributed by atoms with Gasteiger partial charge in [-0.3, -0.25) is 9.69 Å². The fourth-order valence-electron chi connectivity index (χ4n) is 2.39. The van der Waals surface area contributed by atoms with Crippen molar-refractivity contribution in [1.29, 1.82) is 0 Å². The number of aliphatic hydroxyl groups is 1. The lowest BCUT2D eigenvalue weighted by Gasteiger charge is -2.27. The van der Waals surface area contributed by atoms with Gasteiger partial charge in [0.15, 0.2) is 0 Å². The van der Waals surface area contributed by atoms with E-state index in [1.165, 1.54) is 0 Å². The summed E-state index contributed by atoms with van der Waals surface area (Å²) in [6.45, 7) is 8.54. The normalized spacial score (nSPS) is 12.9. The Hall–Kier alpha value is -1.59. The number of esters is 1. The second kappa shape index (κ2) is 10.4. The molecular weight excluding hydrogens is 318 g/mol. The first-order chi connectivity index (χ1) is 11.7. The lowest BCUT2D eigenvalue weighted by atomic mass is 10.1. The number of benzene rings is 1. The number of ether oxygens (including phenoxy) is 2. The summed E-state index contributed by atoms with van der Waals surface area (Å²) >= 11 is 0. The summed E-state index contributed by atoms with van der Waals surface area (Å²) in [6.07, 6.45) is 2.81. The van der Waals surface area contributed by atoms with Crippen LogP contribution in [0.1, 0.15) is 46.1 Å². The molecule has 0 aliphatic rings.